The third-order valence-electron chi connectivity index (χ3n) is 2.76. The smallest absolute Gasteiger partial charge is 0.171 e. The number of rotatable bonds is 2. The zero-order chi connectivity index (χ0) is 11.7. The Labute approximate surface area is 105 Å². The average molecular weight is 243 g/mol. The molecular formula is C13H13N3S. The van der Waals surface area contributed by atoms with Crippen molar-refractivity contribution in [3.8, 4) is 0 Å². The van der Waals surface area contributed by atoms with Crippen molar-refractivity contribution in [3.63, 3.8) is 0 Å². The van der Waals surface area contributed by atoms with Gasteiger partial charge in [0.05, 0.1) is 17.4 Å². The highest BCUT2D eigenvalue weighted by molar-refractivity contribution is 7.80. The zero-order valence-corrected chi connectivity index (χ0v) is 10.1. The van der Waals surface area contributed by atoms with Crippen LogP contribution in [0.5, 0.6) is 0 Å². The number of thiocarbonyl (C=S) groups is 1. The lowest BCUT2D eigenvalue weighted by atomic mass is 10.2. The summed E-state index contributed by atoms with van der Waals surface area (Å²) < 4.78 is 0. The van der Waals surface area contributed by atoms with Crippen LogP contribution in [0, 0.1) is 0 Å². The van der Waals surface area contributed by atoms with Gasteiger partial charge in [-0.3, -0.25) is 4.98 Å². The van der Waals surface area contributed by atoms with Crippen molar-refractivity contribution in [3.05, 3.63) is 36.5 Å². The third kappa shape index (κ3) is 2.53. The fourth-order valence-electron chi connectivity index (χ4n) is 1.72. The van der Waals surface area contributed by atoms with Gasteiger partial charge in [-0.05, 0) is 37.2 Å². The molecule has 0 saturated heterocycles. The van der Waals surface area contributed by atoms with E-state index in [9.17, 15) is 0 Å². The van der Waals surface area contributed by atoms with E-state index in [0.717, 1.165) is 16.6 Å². The van der Waals surface area contributed by atoms with Crippen LogP contribution < -0.4 is 10.6 Å². The second-order valence-corrected chi connectivity index (χ2v) is 4.70. The number of para-hydroxylation sites is 1. The molecule has 4 heteroatoms. The van der Waals surface area contributed by atoms with Crippen LogP contribution in [-0.2, 0) is 0 Å². The molecule has 3 nitrogen and oxygen atoms in total. The highest BCUT2D eigenvalue weighted by atomic mass is 32.1. The van der Waals surface area contributed by atoms with E-state index >= 15 is 0 Å². The summed E-state index contributed by atoms with van der Waals surface area (Å²) in [6, 6.07) is 10.7. The molecule has 2 N–H and O–H groups in total. The molecule has 0 spiro atoms. The molecular weight excluding hydrogens is 230 g/mol. The minimum Gasteiger partial charge on any atom is -0.360 e. The first-order valence-electron chi connectivity index (χ1n) is 5.73. The number of hydrogen-bond donors (Lipinski definition) is 2. The van der Waals surface area contributed by atoms with E-state index < -0.39 is 0 Å². The van der Waals surface area contributed by atoms with Gasteiger partial charge in [-0.25, -0.2) is 0 Å². The first-order valence-corrected chi connectivity index (χ1v) is 6.14. The van der Waals surface area contributed by atoms with Crippen molar-refractivity contribution < 1.29 is 0 Å². The minimum absolute atomic E-state index is 0.573. The fourth-order valence-corrected chi connectivity index (χ4v) is 2.00. The molecule has 1 aliphatic carbocycles. The number of hydrogen-bond acceptors (Lipinski definition) is 2. The van der Waals surface area contributed by atoms with E-state index in [1.54, 1.807) is 0 Å². The molecule has 0 amide bonds. The molecule has 1 saturated carbocycles. The van der Waals surface area contributed by atoms with E-state index in [-0.39, 0.29) is 0 Å². The van der Waals surface area contributed by atoms with Crippen LogP contribution in [0.2, 0.25) is 0 Å². The van der Waals surface area contributed by atoms with Crippen LogP contribution in [0.25, 0.3) is 10.9 Å². The van der Waals surface area contributed by atoms with Crippen LogP contribution in [0.3, 0.4) is 0 Å². The minimum atomic E-state index is 0.573. The van der Waals surface area contributed by atoms with Crippen LogP contribution in [0.1, 0.15) is 12.8 Å². The average Bonchev–Trinajstić information content (AvgIpc) is 3.12. The van der Waals surface area contributed by atoms with Gasteiger partial charge < -0.3 is 10.6 Å². The van der Waals surface area contributed by atoms with E-state index in [1.165, 1.54) is 12.8 Å². The highest BCUT2D eigenvalue weighted by Gasteiger charge is 2.21. The maximum absolute atomic E-state index is 5.22. The summed E-state index contributed by atoms with van der Waals surface area (Å²) in [7, 11) is 0. The van der Waals surface area contributed by atoms with Gasteiger partial charge >= 0.3 is 0 Å². The number of nitrogens with zero attached hydrogens (tertiary/aromatic N) is 1. The maximum atomic E-state index is 5.22. The van der Waals surface area contributed by atoms with Gasteiger partial charge in [-0.15, -0.1) is 0 Å². The van der Waals surface area contributed by atoms with Gasteiger partial charge in [0.2, 0.25) is 0 Å². The number of benzene rings is 1. The lowest BCUT2D eigenvalue weighted by molar-refractivity contribution is 0.919. The van der Waals surface area contributed by atoms with E-state index in [2.05, 4.69) is 21.7 Å². The number of anilines is 1. The van der Waals surface area contributed by atoms with Gasteiger partial charge in [0.15, 0.2) is 5.11 Å². The normalized spacial score (nSPS) is 14.6. The summed E-state index contributed by atoms with van der Waals surface area (Å²) in [5, 5.41) is 8.21. The maximum Gasteiger partial charge on any atom is 0.171 e. The van der Waals surface area contributed by atoms with Crippen molar-refractivity contribution in [2.75, 3.05) is 5.32 Å². The van der Waals surface area contributed by atoms with Crippen LogP contribution in [-0.4, -0.2) is 16.1 Å². The SMILES string of the molecule is S=C(Nc1cnc2ccccc2c1)NC1CC1. The molecule has 2 aromatic rings. The molecule has 0 unspecified atom stereocenters. The van der Waals surface area contributed by atoms with Gasteiger partial charge in [-0.2, -0.15) is 0 Å². The number of fused-ring (bicyclic) bond motifs is 1. The second-order valence-electron chi connectivity index (χ2n) is 4.29. The summed E-state index contributed by atoms with van der Waals surface area (Å²) in [4.78, 5) is 4.38. The lowest BCUT2D eigenvalue weighted by Crippen LogP contribution is -2.30. The topological polar surface area (TPSA) is 37.0 Å². The highest BCUT2D eigenvalue weighted by Crippen LogP contribution is 2.19. The van der Waals surface area contributed by atoms with Gasteiger partial charge in [-0.1, -0.05) is 18.2 Å². The Bertz CT molecular complexity index is 563. The molecule has 1 aromatic heterocycles. The molecule has 0 radical (unpaired) electrons. The number of aromatic nitrogens is 1. The second kappa shape index (κ2) is 4.30. The monoisotopic (exact) mass is 243 g/mol. The summed E-state index contributed by atoms with van der Waals surface area (Å²) in [6.07, 6.45) is 4.25. The molecule has 1 fully saturated rings. The van der Waals surface area contributed by atoms with Crippen LogP contribution >= 0.6 is 12.2 Å². The van der Waals surface area contributed by atoms with Gasteiger partial charge in [0.1, 0.15) is 0 Å². The molecule has 3 rings (SSSR count). The molecule has 0 bridgehead atoms. The summed E-state index contributed by atoms with van der Waals surface area (Å²) in [6.45, 7) is 0. The Kier molecular flexibility index (Phi) is 2.65. The van der Waals surface area contributed by atoms with E-state index in [0.29, 0.717) is 11.2 Å². The predicted molar refractivity (Wildman–Crippen MR) is 74.1 cm³/mol. The Hall–Kier alpha value is -1.68. The standard InChI is InChI=1S/C13H13N3S/c17-13(15-10-5-6-10)16-11-7-9-3-1-2-4-12(9)14-8-11/h1-4,7-8,10H,5-6H2,(H2,15,16,17). The molecule has 17 heavy (non-hydrogen) atoms. The van der Waals surface area contributed by atoms with Crippen molar-refractivity contribution >= 4 is 33.9 Å². The molecule has 86 valence electrons. The molecule has 1 aromatic carbocycles. The fraction of sp³-hybridized carbons (Fsp3) is 0.231. The Balaban J connectivity index is 1.77. The summed E-state index contributed by atoms with van der Waals surface area (Å²) in [5.41, 5.74) is 1.93. The van der Waals surface area contributed by atoms with Gasteiger partial charge in [0, 0.05) is 11.4 Å². The first-order chi connectivity index (χ1) is 8.31. The number of nitrogens with one attached hydrogen (secondary N) is 2. The van der Waals surface area contributed by atoms with Crippen LogP contribution in [0.15, 0.2) is 36.5 Å². The Morgan fingerprint density at radius 3 is 2.94 bits per heavy atom. The van der Waals surface area contributed by atoms with Gasteiger partial charge in [0.25, 0.3) is 0 Å². The summed E-state index contributed by atoms with van der Waals surface area (Å²) >= 11 is 5.22. The predicted octanol–water partition coefficient (Wildman–Crippen LogP) is 2.68. The first kappa shape index (κ1) is 10.5. The molecule has 1 heterocycles. The lowest BCUT2D eigenvalue weighted by Gasteiger charge is -2.09. The van der Waals surface area contributed by atoms with E-state index in [1.807, 2.05) is 30.5 Å². The molecule has 1 aliphatic rings. The molecule has 0 aliphatic heterocycles. The van der Waals surface area contributed by atoms with Crippen molar-refractivity contribution in [2.24, 2.45) is 0 Å². The summed E-state index contributed by atoms with van der Waals surface area (Å²) in [5.74, 6) is 0. The van der Waals surface area contributed by atoms with Crippen molar-refractivity contribution in [1.29, 1.82) is 0 Å². The zero-order valence-electron chi connectivity index (χ0n) is 9.31. The third-order valence-corrected chi connectivity index (χ3v) is 2.98. The largest absolute Gasteiger partial charge is 0.360 e. The quantitative estimate of drug-likeness (QED) is 0.795. The van der Waals surface area contributed by atoms with Crippen LogP contribution in [0.4, 0.5) is 5.69 Å². The van der Waals surface area contributed by atoms with E-state index in [4.69, 9.17) is 12.2 Å². The number of pyridine rings is 1. The van der Waals surface area contributed by atoms with Crippen molar-refractivity contribution in [1.82, 2.24) is 10.3 Å². The Morgan fingerprint density at radius 2 is 2.12 bits per heavy atom. The Morgan fingerprint density at radius 1 is 1.29 bits per heavy atom. The van der Waals surface area contributed by atoms with Crippen molar-refractivity contribution in [2.45, 2.75) is 18.9 Å². The molecule has 0 atom stereocenters.